The highest BCUT2D eigenvalue weighted by molar-refractivity contribution is 14.0. The molecular formula is C20H32IN5O3. The Balaban J connectivity index is 0.00000300. The highest BCUT2D eigenvalue weighted by Crippen LogP contribution is 2.52. The third-order valence-corrected chi connectivity index (χ3v) is 5.43. The molecular weight excluding hydrogens is 485 g/mol. The van der Waals surface area contributed by atoms with E-state index < -0.39 is 0 Å². The van der Waals surface area contributed by atoms with E-state index in [2.05, 4.69) is 33.1 Å². The van der Waals surface area contributed by atoms with Crippen LogP contribution in [-0.4, -0.2) is 60.3 Å². The van der Waals surface area contributed by atoms with Gasteiger partial charge >= 0.3 is 0 Å². The van der Waals surface area contributed by atoms with Gasteiger partial charge in [-0.05, 0) is 46.0 Å². The number of halogens is 1. The highest BCUT2D eigenvalue weighted by Gasteiger charge is 2.58. The first-order chi connectivity index (χ1) is 13.2. The Bertz CT molecular complexity index is 685. The van der Waals surface area contributed by atoms with Gasteiger partial charge in [0.2, 0.25) is 17.7 Å². The smallest absolute Gasteiger partial charge is 0.242 e. The molecule has 1 aliphatic heterocycles. The number of nitrogens with zero attached hydrogens (tertiary/aromatic N) is 2. The molecule has 1 saturated heterocycles. The zero-order valence-corrected chi connectivity index (χ0v) is 19.9. The lowest BCUT2D eigenvalue weighted by molar-refractivity contribution is -0.140. The molecule has 3 rings (SSSR count). The van der Waals surface area contributed by atoms with Crippen LogP contribution in [0.5, 0.6) is 0 Å². The van der Waals surface area contributed by atoms with Crippen molar-refractivity contribution in [3.63, 3.8) is 0 Å². The van der Waals surface area contributed by atoms with Crippen molar-refractivity contribution in [2.45, 2.75) is 39.7 Å². The number of amides is 3. The number of likely N-dealkylation sites (tertiary alicyclic amines) is 1. The second kappa shape index (κ2) is 9.44. The predicted octanol–water partition coefficient (Wildman–Crippen LogP) is 0.881. The second-order valence-corrected chi connectivity index (χ2v) is 8.75. The summed E-state index contributed by atoms with van der Waals surface area (Å²) < 4.78 is 0. The average molecular weight is 517 g/mol. The fourth-order valence-electron chi connectivity index (χ4n) is 4.42. The van der Waals surface area contributed by atoms with Crippen LogP contribution < -0.4 is 16.0 Å². The van der Waals surface area contributed by atoms with Gasteiger partial charge in [0, 0.05) is 25.2 Å². The lowest BCUT2D eigenvalue weighted by Crippen LogP contribution is -2.45. The highest BCUT2D eigenvalue weighted by atomic mass is 127. The number of aliphatic imine (C=N–C) groups is 1. The van der Waals surface area contributed by atoms with Crippen molar-refractivity contribution < 1.29 is 14.4 Å². The van der Waals surface area contributed by atoms with Gasteiger partial charge < -0.3 is 16.0 Å². The molecule has 3 amide bonds. The van der Waals surface area contributed by atoms with Crippen molar-refractivity contribution in [1.82, 2.24) is 20.9 Å². The molecule has 9 heteroatoms. The molecule has 162 valence electrons. The van der Waals surface area contributed by atoms with Crippen LogP contribution in [0, 0.1) is 23.7 Å². The molecule has 0 aromatic carbocycles. The number of rotatable bonds is 6. The number of carbonyl (C=O) groups is 3. The number of fused-ring (bicyclic) bond motifs is 5. The normalized spacial score (nSPS) is 27.7. The first-order valence-electron chi connectivity index (χ1n) is 10.1. The van der Waals surface area contributed by atoms with Gasteiger partial charge in [-0.2, -0.15) is 0 Å². The molecule has 0 spiro atoms. The van der Waals surface area contributed by atoms with Gasteiger partial charge in [0.25, 0.3) is 0 Å². The van der Waals surface area contributed by atoms with E-state index in [0.29, 0.717) is 25.6 Å². The van der Waals surface area contributed by atoms with Gasteiger partial charge in [0.15, 0.2) is 5.96 Å². The van der Waals surface area contributed by atoms with E-state index >= 15 is 0 Å². The van der Waals surface area contributed by atoms with Gasteiger partial charge in [-0.3, -0.25) is 19.3 Å². The number of carbonyl (C=O) groups excluding carboxylic acids is 3. The quantitative estimate of drug-likeness (QED) is 0.160. The number of nitrogens with one attached hydrogen (secondary N) is 3. The first-order valence-corrected chi connectivity index (χ1v) is 10.1. The molecule has 2 fully saturated rings. The number of hydrogen-bond donors (Lipinski definition) is 3. The number of guanidine groups is 1. The molecule has 0 radical (unpaired) electrons. The first kappa shape index (κ1) is 23.6. The van der Waals surface area contributed by atoms with Crippen LogP contribution in [0.15, 0.2) is 17.1 Å². The Labute approximate surface area is 189 Å². The summed E-state index contributed by atoms with van der Waals surface area (Å²) in [6, 6.07) is 0. The average Bonchev–Trinajstić information content (AvgIpc) is 3.27. The van der Waals surface area contributed by atoms with Crippen molar-refractivity contribution >= 4 is 47.7 Å². The summed E-state index contributed by atoms with van der Waals surface area (Å²) in [6.45, 7) is 9.04. The summed E-state index contributed by atoms with van der Waals surface area (Å²) >= 11 is 0. The second-order valence-electron chi connectivity index (χ2n) is 8.75. The molecule has 1 heterocycles. The number of allylic oxidation sites excluding steroid dienone is 2. The number of hydrogen-bond acceptors (Lipinski definition) is 4. The minimum absolute atomic E-state index is 0. The van der Waals surface area contributed by atoms with Gasteiger partial charge in [0.1, 0.15) is 6.54 Å². The Morgan fingerprint density at radius 2 is 1.72 bits per heavy atom. The summed E-state index contributed by atoms with van der Waals surface area (Å²) in [4.78, 5) is 43.0. The Hall–Kier alpha value is -1.65. The molecule has 2 aliphatic carbocycles. The minimum Gasteiger partial charge on any atom is -0.357 e. The Morgan fingerprint density at radius 3 is 2.24 bits per heavy atom. The van der Waals surface area contributed by atoms with Crippen LogP contribution in [0.3, 0.4) is 0 Å². The molecule has 29 heavy (non-hydrogen) atoms. The van der Waals surface area contributed by atoms with Crippen molar-refractivity contribution in [3.05, 3.63) is 12.2 Å². The van der Waals surface area contributed by atoms with Crippen LogP contribution >= 0.6 is 24.0 Å². The molecule has 3 N–H and O–H groups in total. The fraction of sp³-hybridized carbons (Fsp3) is 0.700. The van der Waals surface area contributed by atoms with E-state index in [4.69, 9.17) is 0 Å². The molecule has 0 aromatic heterocycles. The predicted molar refractivity (Wildman–Crippen MR) is 122 cm³/mol. The van der Waals surface area contributed by atoms with E-state index in [1.165, 1.54) is 4.90 Å². The van der Waals surface area contributed by atoms with Gasteiger partial charge in [-0.15, -0.1) is 24.0 Å². The van der Waals surface area contributed by atoms with Crippen LogP contribution in [0.25, 0.3) is 0 Å². The van der Waals surface area contributed by atoms with Crippen molar-refractivity contribution in [2.24, 2.45) is 28.7 Å². The molecule has 8 nitrogen and oxygen atoms in total. The van der Waals surface area contributed by atoms with E-state index in [1.54, 1.807) is 0 Å². The van der Waals surface area contributed by atoms with E-state index in [0.717, 1.165) is 6.42 Å². The van der Waals surface area contributed by atoms with Gasteiger partial charge in [-0.1, -0.05) is 12.2 Å². The van der Waals surface area contributed by atoms with Crippen molar-refractivity contribution in [3.8, 4) is 0 Å². The van der Waals surface area contributed by atoms with Crippen LogP contribution in [0.2, 0.25) is 0 Å². The fourth-order valence-corrected chi connectivity index (χ4v) is 4.42. The maximum atomic E-state index is 12.7. The van der Waals surface area contributed by atoms with E-state index in [1.807, 2.05) is 27.7 Å². The molecule has 1 saturated carbocycles. The third kappa shape index (κ3) is 5.29. The summed E-state index contributed by atoms with van der Waals surface area (Å²) in [5.41, 5.74) is -0.304. The van der Waals surface area contributed by atoms with Crippen LogP contribution in [0.4, 0.5) is 0 Å². The summed E-state index contributed by atoms with van der Waals surface area (Å²) in [5, 5.41) is 9.04. The topological polar surface area (TPSA) is 103 Å². The van der Waals surface area contributed by atoms with Gasteiger partial charge in [-0.25, -0.2) is 4.99 Å². The summed E-state index contributed by atoms with van der Waals surface area (Å²) in [5.74, 6) is 0.378. The molecule has 2 bridgehead atoms. The molecule has 4 atom stereocenters. The summed E-state index contributed by atoms with van der Waals surface area (Å²) in [7, 11) is 0. The van der Waals surface area contributed by atoms with Crippen LogP contribution in [-0.2, 0) is 14.4 Å². The van der Waals surface area contributed by atoms with Gasteiger partial charge in [0.05, 0.1) is 11.8 Å². The standard InChI is InChI=1S/C20H31N5O3.HI/c1-5-21-19(23-11-14(26)24-20(2,3)4)22-8-9-25-17(27)15-12-6-7-13(10-12)16(15)18(25)28;/h6-7,12-13,15-16H,5,8-11H2,1-4H3,(H,24,26)(H2,21,22,23);1H. The monoisotopic (exact) mass is 517 g/mol. The SMILES string of the molecule is CCNC(=NCC(=O)NC(C)(C)C)NCCN1C(=O)C2C3C=CC(C3)C2C1=O.I. The third-order valence-electron chi connectivity index (χ3n) is 5.43. The summed E-state index contributed by atoms with van der Waals surface area (Å²) in [6.07, 6.45) is 5.13. The molecule has 3 aliphatic rings. The minimum atomic E-state index is -0.304. The zero-order valence-electron chi connectivity index (χ0n) is 17.5. The van der Waals surface area contributed by atoms with Crippen LogP contribution in [0.1, 0.15) is 34.1 Å². The lowest BCUT2D eigenvalue weighted by Gasteiger charge is -2.20. The number of imide groups is 1. The lowest BCUT2D eigenvalue weighted by atomic mass is 9.85. The Kier molecular flexibility index (Phi) is 7.69. The van der Waals surface area contributed by atoms with Crippen molar-refractivity contribution in [1.29, 1.82) is 0 Å². The van der Waals surface area contributed by atoms with E-state index in [9.17, 15) is 14.4 Å². The largest absolute Gasteiger partial charge is 0.357 e. The van der Waals surface area contributed by atoms with Crippen molar-refractivity contribution in [2.75, 3.05) is 26.2 Å². The molecule has 0 aromatic rings. The van der Waals surface area contributed by atoms with E-state index in [-0.39, 0.29) is 77.5 Å². The maximum absolute atomic E-state index is 12.7. The zero-order chi connectivity index (χ0) is 20.5. The Morgan fingerprint density at radius 1 is 1.14 bits per heavy atom. The molecule has 4 unspecified atom stereocenters. The maximum Gasteiger partial charge on any atom is 0.242 e.